The summed E-state index contributed by atoms with van der Waals surface area (Å²) in [5, 5.41) is 3.71. The molecule has 4 heterocycles. The molecule has 25 heavy (non-hydrogen) atoms. The number of rotatable bonds is 4. The van der Waals surface area contributed by atoms with Crippen LogP contribution in [0.3, 0.4) is 0 Å². The van der Waals surface area contributed by atoms with Gasteiger partial charge in [0.25, 0.3) is 0 Å². The zero-order valence-electron chi connectivity index (χ0n) is 14.0. The summed E-state index contributed by atoms with van der Waals surface area (Å²) in [6, 6.07) is 3.84. The number of hydrogen-bond donors (Lipinski definition) is 0. The maximum atomic E-state index is 12.6. The highest BCUT2D eigenvalue weighted by Crippen LogP contribution is 2.33. The van der Waals surface area contributed by atoms with E-state index in [2.05, 4.69) is 15.1 Å². The molecule has 4 rings (SSSR count). The highest BCUT2D eigenvalue weighted by molar-refractivity contribution is 5.84. The molecule has 8 heteroatoms. The van der Waals surface area contributed by atoms with E-state index in [1.54, 1.807) is 24.2 Å². The second-order valence-electron chi connectivity index (χ2n) is 6.50. The van der Waals surface area contributed by atoms with Crippen molar-refractivity contribution in [1.29, 1.82) is 0 Å². The summed E-state index contributed by atoms with van der Waals surface area (Å²) in [5.41, 5.74) is 1.05. The molecule has 0 unspecified atom stereocenters. The molecule has 0 bridgehead atoms. The fourth-order valence-electron chi connectivity index (χ4n) is 3.77. The van der Waals surface area contributed by atoms with Gasteiger partial charge in [0.2, 0.25) is 17.7 Å². The van der Waals surface area contributed by atoms with Gasteiger partial charge >= 0.3 is 0 Å². The number of carbonyl (C=O) groups excluding carboxylic acids is 2. The van der Waals surface area contributed by atoms with Crippen LogP contribution in [0.5, 0.6) is 0 Å². The van der Waals surface area contributed by atoms with Gasteiger partial charge in [0, 0.05) is 31.9 Å². The molecule has 0 saturated carbocycles. The predicted octanol–water partition coefficient (Wildman–Crippen LogP) is 0.718. The van der Waals surface area contributed by atoms with Crippen molar-refractivity contribution in [2.45, 2.75) is 44.8 Å². The van der Waals surface area contributed by atoms with Crippen molar-refractivity contribution in [3.05, 3.63) is 41.8 Å². The maximum Gasteiger partial charge on any atom is 0.236 e. The number of carbonyl (C=O) groups is 2. The van der Waals surface area contributed by atoms with Crippen LogP contribution < -0.4 is 0 Å². The summed E-state index contributed by atoms with van der Waals surface area (Å²) in [5.74, 6) is 0.873. The third-order valence-corrected chi connectivity index (χ3v) is 4.91. The second kappa shape index (κ2) is 6.27. The van der Waals surface area contributed by atoms with Gasteiger partial charge in [-0.3, -0.25) is 14.6 Å². The molecule has 2 atom stereocenters. The number of hydrogen-bond acceptors (Lipinski definition) is 6. The maximum absolute atomic E-state index is 12.6. The first-order valence-corrected chi connectivity index (χ1v) is 8.39. The quantitative estimate of drug-likeness (QED) is 0.813. The van der Waals surface area contributed by atoms with Crippen molar-refractivity contribution in [1.82, 2.24) is 24.9 Å². The number of pyridine rings is 1. The van der Waals surface area contributed by atoms with Crippen molar-refractivity contribution in [2.75, 3.05) is 6.54 Å². The first-order valence-electron chi connectivity index (χ1n) is 8.39. The van der Waals surface area contributed by atoms with E-state index in [4.69, 9.17) is 4.52 Å². The van der Waals surface area contributed by atoms with E-state index in [-0.39, 0.29) is 30.3 Å². The lowest BCUT2D eigenvalue weighted by Crippen LogP contribution is -2.40. The number of nitrogens with zero attached hydrogens (tertiary/aromatic N) is 5. The zero-order valence-corrected chi connectivity index (χ0v) is 14.0. The second-order valence-corrected chi connectivity index (χ2v) is 6.50. The van der Waals surface area contributed by atoms with E-state index < -0.39 is 0 Å². The lowest BCUT2D eigenvalue weighted by molar-refractivity contribution is -0.132. The smallest absolute Gasteiger partial charge is 0.236 e. The van der Waals surface area contributed by atoms with Gasteiger partial charge in [0.1, 0.15) is 6.42 Å². The summed E-state index contributed by atoms with van der Waals surface area (Å²) in [4.78, 5) is 36.8. The Morgan fingerprint density at radius 2 is 2.12 bits per heavy atom. The molecule has 0 N–H and O–H groups in total. The van der Waals surface area contributed by atoms with Crippen LogP contribution in [0, 0.1) is 6.92 Å². The van der Waals surface area contributed by atoms with E-state index in [9.17, 15) is 9.59 Å². The van der Waals surface area contributed by atoms with Crippen LogP contribution in [-0.2, 0) is 22.6 Å². The van der Waals surface area contributed by atoms with Crippen molar-refractivity contribution in [2.24, 2.45) is 0 Å². The Morgan fingerprint density at radius 3 is 2.84 bits per heavy atom. The van der Waals surface area contributed by atoms with E-state index in [1.165, 1.54) is 0 Å². The standard InChI is InChI=1S/C17H19N5O3/c1-11-19-15(25-20-11)9-17(24)21-7-4-13-14(21)8-16(23)22(13)10-12-2-5-18-6-3-12/h2-3,5-6,13-14H,4,7-10H2,1H3/t13-,14+/m1/s1. The molecule has 2 amide bonds. The summed E-state index contributed by atoms with van der Waals surface area (Å²) in [6.07, 6.45) is 4.72. The van der Waals surface area contributed by atoms with Crippen LogP contribution >= 0.6 is 0 Å². The average Bonchev–Trinajstić information content (AvgIpc) is 3.26. The summed E-state index contributed by atoms with van der Waals surface area (Å²) in [6.45, 7) is 2.94. The molecule has 8 nitrogen and oxygen atoms in total. The fourth-order valence-corrected chi connectivity index (χ4v) is 3.77. The SMILES string of the molecule is Cc1noc(CC(=O)N2CC[C@@H]3[C@@H]2CC(=O)N3Cc2ccncc2)n1. The van der Waals surface area contributed by atoms with Crippen LogP contribution in [0.15, 0.2) is 29.0 Å². The Hall–Kier alpha value is -2.77. The molecule has 2 aromatic rings. The normalized spacial score (nSPS) is 22.5. The molecule has 0 aliphatic carbocycles. The molecule has 0 aromatic carbocycles. The molecule has 2 fully saturated rings. The minimum atomic E-state index is -0.0640. The van der Waals surface area contributed by atoms with Gasteiger partial charge in [-0.25, -0.2) is 0 Å². The first-order chi connectivity index (χ1) is 12.1. The van der Waals surface area contributed by atoms with Crippen molar-refractivity contribution >= 4 is 11.8 Å². The lowest BCUT2D eigenvalue weighted by atomic mass is 10.1. The molecule has 0 spiro atoms. The molecular weight excluding hydrogens is 322 g/mol. The lowest BCUT2D eigenvalue weighted by Gasteiger charge is -2.25. The Balaban J connectivity index is 1.45. The Morgan fingerprint density at radius 1 is 1.32 bits per heavy atom. The van der Waals surface area contributed by atoms with E-state index in [1.807, 2.05) is 17.0 Å². The molecule has 2 aliphatic heterocycles. The molecule has 2 aliphatic rings. The highest BCUT2D eigenvalue weighted by Gasteiger charge is 2.48. The summed E-state index contributed by atoms with van der Waals surface area (Å²) < 4.78 is 5.04. The average molecular weight is 341 g/mol. The molecule has 2 aromatic heterocycles. The van der Waals surface area contributed by atoms with Gasteiger partial charge < -0.3 is 14.3 Å². The topological polar surface area (TPSA) is 92.4 Å². The summed E-state index contributed by atoms with van der Waals surface area (Å²) >= 11 is 0. The Bertz CT molecular complexity index is 791. The van der Waals surface area contributed by atoms with Gasteiger partial charge in [-0.05, 0) is 31.0 Å². The number of amides is 2. The van der Waals surface area contributed by atoms with Crippen LogP contribution in [-0.4, -0.2) is 55.4 Å². The monoisotopic (exact) mass is 341 g/mol. The van der Waals surface area contributed by atoms with Gasteiger partial charge in [-0.15, -0.1) is 0 Å². The number of likely N-dealkylation sites (tertiary alicyclic amines) is 2. The Kier molecular flexibility index (Phi) is 3.95. The summed E-state index contributed by atoms with van der Waals surface area (Å²) in [7, 11) is 0. The minimum absolute atomic E-state index is 0.0605. The molecular formula is C17H19N5O3. The highest BCUT2D eigenvalue weighted by atomic mass is 16.5. The largest absolute Gasteiger partial charge is 0.339 e. The third kappa shape index (κ3) is 2.99. The zero-order chi connectivity index (χ0) is 17.4. The van der Waals surface area contributed by atoms with Crippen molar-refractivity contribution in [3.63, 3.8) is 0 Å². The van der Waals surface area contributed by atoms with Gasteiger partial charge in [-0.1, -0.05) is 5.16 Å². The minimum Gasteiger partial charge on any atom is -0.339 e. The van der Waals surface area contributed by atoms with Gasteiger partial charge in [-0.2, -0.15) is 4.98 Å². The predicted molar refractivity (Wildman–Crippen MR) is 86.0 cm³/mol. The third-order valence-electron chi connectivity index (χ3n) is 4.91. The Labute approximate surface area is 144 Å². The van der Waals surface area contributed by atoms with Crippen molar-refractivity contribution in [3.8, 4) is 0 Å². The van der Waals surface area contributed by atoms with E-state index in [0.717, 1.165) is 12.0 Å². The molecule has 130 valence electrons. The van der Waals surface area contributed by atoms with Gasteiger partial charge in [0.15, 0.2) is 5.82 Å². The first kappa shape index (κ1) is 15.7. The van der Waals surface area contributed by atoms with Crippen molar-refractivity contribution < 1.29 is 14.1 Å². The number of aromatic nitrogens is 3. The number of fused-ring (bicyclic) bond motifs is 1. The van der Waals surface area contributed by atoms with E-state index >= 15 is 0 Å². The van der Waals surface area contributed by atoms with Crippen LogP contribution in [0.2, 0.25) is 0 Å². The van der Waals surface area contributed by atoms with Crippen LogP contribution in [0.4, 0.5) is 0 Å². The van der Waals surface area contributed by atoms with Gasteiger partial charge in [0.05, 0.1) is 12.1 Å². The molecule has 2 saturated heterocycles. The fraction of sp³-hybridized carbons (Fsp3) is 0.471. The van der Waals surface area contributed by atoms with Crippen LogP contribution in [0.25, 0.3) is 0 Å². The van der Waals surface area contributed by atoms with E-state index in [0.29, 0.717) is 31.2 Å². The van der Waals surface area contributed by atoms with Crippen LogP contribution in [0.1, 0.15) is 30.1 Å². The number of aryl methyl sites for hydroxylation is 1. The molecule has 0 radical (unpaired) electrons.